The average Bonchev–Trinajstić information content (AvgIpc) is 2.67. The summed E-state index contributed by atoms with van der Waals surface area (Å²) in [7, 11) is 0. The Bertz CT molecular complexity index is 749. The van der Waals surface area contributed by atoms with Crippen LogP contribution in [0.1, 0.15) is 0 Å². The Kier molecular flexibility index (Phi) is 7.06. The van der Waals surface area contributed by atoms with E-state index in [1.54, 1.807) is 12.1 Å². The van der Waals surface area contributed by atoms with Gasteiger partial charge in [-0.1, -0.05) is 24.3 Å². The Morgan fingerprint density at radius 2 is 1.22 bits per heavy atom. The van der Waals surface area contributed by atoms with E-state index in [2.05, 4.69) is 0 Å². The lowest BCUT2D eigenvalue weighted by atomic mass is 10.3. The van der Waals surface area contributed by atoms with Gasteiger partial charge in [0.25, 0.3) is 0 Å². The molecule has 0 saturated carbocycles. The summed E-state index contributed by atoms with van der Waals surface area (Å²) in [5.41, 5.74) is -0.315. The molecule has 0 bridgehead atoms. The van der Waals surface area contributed by atoms with E-state index in [0.717, 1.165) is 0 Å². The van der Waals surface area contributed by atoms with Crippen molar-refractivity contribution >= 4 is 17.8 Å². The molecule has 2 rings (SSSR count). The topological polar surface area (TPSA) is 125 Å². The molecule has 27 heavy (non-hydrogen) atoms. The molecule has 0 N–H and O–H groups in total. The number of hydrogen-bond donors (Lipinski definition) is 0. The summed E-state index contributed by atoms with van der Waals surface area (Å²) < 4.78 is 10.7. The zero-order chi connectivity index (χ0) is 19.6. The van der Waals surface area contributed by atoms with E-state index in [0.29, 0.717) is 6.41 Å². The first-order chi connectivity index (χ1) is 13.0. The van der Waals surface area contributed by atoms with E-state index in [1.165, 1.54) is 41.3 Å². The van der Waals surface area contributed by atoms with Crippen LogP contribution < -0.4 is 9.47 Å². The van der Waals surface area contributed by atoms with Gasteiger partial charge in [0.05, 0.1) is 22.9 Å². The molecule has 0 radical (unpaired) electrons. The Hall–Kier alpha value is -3.69. The monoisotopic (exact) mass is 375 g/mol. The van der Waals surface area contributed by atoms with Crippen LogP contribution in [0.2, 0.25) is 0 Å². The molecular weight excluding hydrogens is 358 g/mol. The van der Waals surface area contributed by atoms with Crippen molar-refractivity contribution < 1.29 is 24.1 Å². The second-order valence-electron chi connectivity index (χ2n) is 5.29. The van der Waals surface area contributed by atoms with E-state index in [1.807, 2.05) is 0 Å². The Balaban J connectivity index is 1.82. The summed E-state index contributed by atoms with van der Waals surface area (Å²) in [5, 5.41) is 21.8. The number of carbonyl (C=O) groups excluding carboxylic acids is 1. The van der Waals surface area contributed by atoms with Gasteiger partial charge in [0.1, 0.15) is 13.2 Å². The fourth-order valence-electron chi connectivity index (χ4n) is 2.22. The van der Waals surface area contributed by atoms with Gasteiger partial charge < -0.3 is 14.4 Å². The van der Waals surface area contributed by atoms with Crippen LogP contribution in [0.5, 0.6) is 11.5 Å². The number of carbonyl (C=O) groups is 1. The van der Waals surface area contributed by atoms with Crippen molar-refractivity contribution in [1.29, 1.82) is 0 Å². The van der Waals surface area contributed by atoms with Crippen molar-refractivity contribution in [2.24, 2.45) is 0 Å². The Morgan fingerprint density at radius 3 is 1.59 bits per heavy atom. The van der Waals surface area contributed by atoms with Crippen LogP contribution in [0, 0.1) is 20.2 Å². The van der Waals surface area contributed by atoms with Gasteiger partial charge in [-0.2, -0.15) is 0 Å². The highest BCUT2D eigenvalue weighted by Gasteiger charge is 2.15. The summed E-state index contributed by atoms with van der Waals surface area (Å²) >= 11 is 0. The highest BCUT2D eigenvalue weighted by atomic mass is 16.6. The number of ether oxygens (including phenoxy) is 2. The zero-order valence-electron chi connectivity index (χ0n) is 14.2. The van der Waals surface area contributed by atoms with Crippen LogP contribution in [0.3, 0.4) is 0 Å². The largest absolute Gasteiger partial charge is 0.485 e. The first kappa shape index (κ1) is 19.6. The second-order valence-corrected chi connectivity index (χ2v) is 5.29. The van der Waals surface area contributed by atoms with Crippen molar-refractivity contribution in [3.05, 3.63) is 68.8 Å². The van der Waals surface area contributed by atoms with E-state index in [9.17, 15) is 25.0 Å². The van der Waals surface area contributed by atoms with Crippen LogP contribution in [-0.4, -0.2) is 47.5 Å². The Labute approximate surface area is 154 Å². The average molecular weight is 375 g/mol. The highest BCUT2D eigenvalue weighted by Crippen LogP contribution is 2.26. The maximum Gasteiger partial charge on any atom is 0.310 e. The third-order valence-corrected chi connectivity index (χ3v) is 3.55. The lowest BCUT2D eigenvalue weighted by Crippen LogP contribution is -2.31. The summed E-state index contributed by atoms with van der Waals surface area (Å²) in [6, 6.07) is 11.9. The molecule has 0 aliphatic heterocycles. The van der Waals surface area contributed by atoms with Crippen LogP contribution >= 0.6 is 0 Å². The van der Waals surface area contributed by atoms with Crippen LogP contribution in [-0.2, 0) is 4.79 Å². The molecule has 2 aromatic carbocycles. The van der Waals surface area contributed by atoms with E-state index >= 15 is 0 Å². The molecular formula is C17H17N3O7. The van der Waals surface area contributed by atoms with Crippen molar-refractivity contribution in [3.63, 3.8) is 0 Å². The smallest absolute Gasteiger partial charge is 0.310 e. The number of nitrogens with zero attached hydrogens (tertiary/aromatic N) is 3. The van der Waals surface area contributed by atoms with Crippen LogP contribution in [0.15, 0.2) is 48.5 Å². The third kappa shape index (κ3) is 5.66. The van der Waals surface area contributed by atoms with Gasteiger partial charge in [-0.15, -0.1) is 0 Å². The van der Waals surface area contributed by atoms with Crippen LogP contribution in [0.25, 0.3) is 0 Å². The van der Waals surface area contributed by atoms with E-state index in [-0.39, 0.29) is 49.2 Å². The number of benzene rings is 2. The molecule has 10 nitrogen and oxygen atoms in total. The van der Waals surface area contributed by atoms with Gasteiger partial charge in [-0.25, -0.2) is 0 Å². The SMILES string of the molecule is O=CN(CCOc1ccccc1[N+](=O)[O-])CCOc1ccccc1[N+](=O)[O-]. The number of amides is 1. The van der Waals surface area contributed by atoms with Crippen molar-refractivity contribution in [3.8, 4) is 11.5 Å². The first-order valence-corrected chi connectivity index (χ1v) is 7.94. The maximum atomic E-state index is 11.1. The molecule has 0 heterocycles. The van der Waals surface area contributed by atoms with Crippen molar-refractivity contribution in [1.82, 2.24) is 4.90 Å². The van der Waals surface area contributed by atoms with Gasteiger partial charge >= 0.3 is 11.4 Å². The third-order valence-electron chi connectivity index (χ3n) is 3.55. The minimum Gasteiger partial charge on any atom is -0.485 e. The minimum atomic E-state index is -0.548. The normalized spacial score (nSPS) is 10.1. The molecule has 0 fully saturated rings. The van der Waals surface area contributed by atoms with Gasteiger partial charge in [-0.05, 0) is 12.1 Å². The van der Waals surface area contributed by atoms with Crippen LogP contribution in [0.4, 0.5) is 11.4 Å². The van der Waals surface area contributed by atoms with Gasteiger partial charge in [0, 0.05) is 12.1 Å². The van der Waals surface area contributed by atoms with E-state index < -0.39 is 9.85 Å². The number of nitro benzene ring substituents is 2. The lowest BCUT2D eigenvalue weighted by molar-refractivity contribution is -0.386. The molecule has 0 aliphatic rings. The fourth-order valence-corrected chi connectivity index (χ4v) is 2.22. The molecule has 10 heteroatoms. The van der Waals surface area contributed by atoms with E-state index in [4.69, 9.17) is 9.47 Å². The van der Waals surface area contributed by atoms with Crippen molar-refractivity contribution in [2.75, 3.05) is 26.3 Å². The molecule has 2 aromatic rings. The molecule has 142 valence electrons. The number of para-hydroxylation sites is 4. The summed E-state index contributed by atoms with van der Waals surface area (Å²) in [5.74, 6) is 0.231. The number of rotatable bonds is 11. The molecule has 0 aliphatic carbocycles. The summed E-state index contributed by atoms with van der Waals surface area (Å²) in [6.07, 6.45) is 0.589. The molecule has 1 amide bonds. The van der Waals surface area contributed by atoms with Crippen molar-refractivity contribution in [2.45, 2.75) is 0 Å². The molecule has 0 aromatic heterocycles. The molecule has 0 spiro atoms. The lowest BCUT2D eigenvalue weighted by Gasteiger charge is -2.17. The van der Waals surface area contributed by atoms with Gasteiger partial charge in [-0.3, -0.25) is 25.0 Å². The van der Waals surface area contributed by atoms with Gasteiger partial charge in [0.15, 0.2) is 11.5 Å². The molecule has 0 atom stereocenters. The first-order valence-electron chi connectivity index (χ1n) is 7.94. The molecule has 0 saturated heterocycles. The second kappa shape index (κ2) is 9.70. The van der Waals surface area contributed by atoms with Gasteiger partial charge in [0.2, 0.25) is 6.41 Å². The highest BCUT2D eigenvalue weighted by molar-refractivity contribution is 5.48. The number of nitro groups is 2. The Morgan fingerprint density at radius 1 is 0.815 bits per heavy atom. The summed E-state index contributed by atoms with van der Waals surface area (Å²) in [4.78, 5) is 33.2. The fraction of sp³-hybridized carbons (Fsp3) is 0.235. The predicted molar refractivity (Wildman–Crippen MR) is 94.8 cm³/mol. The summed E-state index contributed by atoms with van der Waals surface area (Å²) in [6.45, 7) is 0.454. The predicted octanol–water partition coefficient (Wildman–Crippen LogP) is 2.42. The molecule has 0 unspecified atom stereocenters. The zero-order valence-corrected chi connectivity index (χ0v) is 14.2. The standard InChI is InChI=1S/C17H17N3O7/c21-13-18(9-11-26-16-7-3-1-5-14(16)19(22)23)10-12-27-17-8-4-2-6-15(17)20(24)25/h1-8,13H,9-12H2. The quantitative estimate of drug-likeness (QED) is 0.335. The number of hydrogen-bond acceptors (Lipinski definition) is 7. The maximum absolute atomic E-state index is 11.1. The minimum absolute atomic E-state index is 0.0507.